The molecular weight excluding hydrogens is 124 g/mol. The van der Waals surface area contributed by atoms with E-state index in [1.54, 1.807) is 13.8 Å². The van der Waals surface area contributed by atoms with Gasteiger partial charge in [0.05, 0.1) is 5.54 Å². The van der Waals surface area contributed by atoms with Crippen LogP contribution in [0, 0.1) is 0 Å². The van der Waals surface area contributed by atoms with Gasteiger partial charge in [-0.3, -0.25) is 10.7 Å². The van der Waals surface area contributed by atoms with E-state index in [0.29, 0.717) is 0 Å². The fourth-order valence-electron chi connectivity index (χ4n) is 0.144. The summed E-state index contributed by atoms with van der Waals surface area (Å²) in [5.41, 5.74) is 6.62. The third-order valence-electron chi connectivity index (χ3n) is 0.687. The van der Waals surface area contributed by atoms with E-state index in [4.69, 9.17) is 10.9 Å². The van der Waals surface area contributed by atoms with Crippen LogP contribution in [0.25, 0.3) is 0 Å². The van der Waals surface area contributed by atoms with Gasteiger partial charge in [-0.05, 0) is 13.8 Å². The van der Waals surface area contributed by atoms with Crippen molar-refractivity contribution in [1.29, 1.82) is 0 Å². The van der Waals surface area contributed by atoms with E-state index < -0.39 is 5.54 Å². The van der Waals surface area contributed by atoms with Gasteiger partial charge in [-0.2, -0.15) is 0 Å². The van der Waals surface area contributed by atoms with Crippen molar-refractivity contribution in [2.45, 2.75) is 19.4 Å². The van der Waals surface area contributed by atoms with E-state index >= 15 is 0 Å². The highest BCUT2D eigenvalue weighted by molar-refractivity contribution is 7.80. The molecule has 0 bridgehead atoms. The molecule has 4 N–H and O–H groups in total. The number of nitrogens with one attached hydrogen (secondary N) is 1. The molecular formula is C4H10N2OS. The molecule has 0 unspecified atom stereocenters. The van der Waals surface area contributed by atoms with Gasteiger partial charge in [-0.25, -0.2) is 0 Å². The summed E-state index contributed by atoms with van der Waals surface area (Å²) >= 11 is 4.61. The maximum Gasteiger partial charge on any atom is 0.119 e. The molecule has 0 aliphatic rings. The zero-order valence-corrected chi connectivity index (χ0v) is 5.75. The van der Waals surface area contributed by atoms with Gasteiger partial charge in [0, 0.05) is 0 Å². The molecule has 0 aliphatic heterocycles. The van der Waals surface area contributed by atoms with Crippen LogP contribution in [-0.4, -0.2) is 15.7 Å². The van der Waals surface area contributed by atoms with Gasteiger partial charge in [-0.15, -0.1) is 0 Å². The smallest absolute Gasteiger partial charge is 0.119 e. The van der Waals surface area contributed by atoms with E-state index in [9.17, 15) is 0 Å². The van der Waals surface area contributed by atoms with E-state index in [1.165, 1.54) is 0 Å². The Kier molecular flexibility index (Phi) is 2.33. The number of rotatable bonds is 1. The number of hydroxylamine groups is 1. The van der Waals surface area contributed by atoms with Crippen molar-refractivity contribution in [3.63, 3.8) is 0 Å². The van der Waals surface area contributed by atoms with Crippen LogP contribution >= 0.6 is 12.2 Å². The van der Waals surface area contributed by atoms with Gasteiger partial charge in [0.1, 0.15) is 4.99 Å². The lowest BCUT2D eigenvalue weighted by Gasteiger charge is -2.17. The highest BCUT2D eigenvalue weighted by Gasteiger charge is 2.15. The predicted molar refractivity (Wildman–Crippen MR) is 35.8 cm³/mol. The van der Waals surface area contributed by atoms with Crippen molar-refractivity contribution in [2.24, 2.45) is 5.73 Å². The monoisotopic (exact) mass is 134 g/mol. The summed E-state index contributed by atoms with van der Waals surface area (Å²) in [5, 5.41) is 8.20. The Labute approximate surface area is 53.8 Å². The van der Waals surface area contributed by atoms with Crippen molar-refractivity contribution < 1.29 is 5.21 Å². The van der Waals surface area contributed by atoms with Crippen molar-refractivity contribution in [3.05, 3.63) is 0 Å². The molecule has 0 saturated carbocycles. The highest BCUT2D eigenvalue weighted by atomic mass is 32.1. The summed E-state index contributed by atoms with van der Waals surface area (Å²) in [6.07, 6.45) is 0. The van der Waals surface area contributed by atoms with Crippen molar-refractivity contribution in [1.82, 2.24) is 5.48 Å². The van der Waals surface area contributed by atoms with Gasteiger partial charge in [-0.1, -0.05) is 12.2 Å². The van der Waals surface area contributed by atoms with Gasteiger partial charge < -0.3 is 5.73 Å². The molecule has 4 heteroatoms. The molecule has 0 spiro atoms. The van der Waals surface area contributed by atoms with Crippen LogP contribution in [-0.2, 0) is 0 Å². The number of thiocarbonyl (C=S) groups is 1. The first-order chi connectivity index (χ1) is 3.48. The van der Waals surface area contributed by atoms with Crippen LogP contribution < -0.4 is 11.2 Å². The van der Waals surface area contributed by atoms with Gasteiger partial charge >= 0.3 is 0 Å². The number of nitrogens with two attached hydrogens (primary N) is 1. The summed E-state index contributed by atoms with van der Waals surface area (Å²) in [5.74, 6) is 0. The molecule has 8 heavy (non-hydrogen) atoms. The first kappa shape index (κ1) is 7.81. The molecule has 0 aromatic rings. The summed E-state index contributed by atoms with van der Waals surface area (Å²) in [6.45, 7) is 3.41. The van der Waals surface area contributed by atoms with Crippen molar-refractivity contribution in [2.75, 3.05) is 0 Å². The van der Waals surface area contributed by atoms with Crippen LogP contribution in [0.15, 0.2) is 0 Å². The third-order valence-corrected chi connectivity index (χ3v) is 1.30. The van der Waals surface area contributed by atoms with Crippen molar-refractivity contribution in [3.8, 4) is 0 Å². The second-order valence-electron chi connectivity index (χ2n) is 2.16. The molecule has 0 heterocycles. The molecule has 0 rings (SSSR count). The molecule has 0 amide bonds. The fourth-order valence-corrected chi connectivity index (χ4v) is 0.144. The Bertz CT molecular complexity index is 96.7. The Morgan fingerprint density at radius 3 is 2.12 bits per heavy atom. The van der Waals surface area contributed by atoms with Gasteiger partial charge in [0.25, 0.3) is 0 Å². The number of hydrogen-bond donors (Lipinski definition) is 3. The zero-order valence-electron chi connectivity index (χ0n) is 4.93. The van der Waals surface area contributed by atoms with Crippen molar-refractivity contribution >= 4 is 17.2 Å². The molecule has 0 saturated heterocycles. The largest absolute Gasteiger partial charge is 0.320 e. The Morgan fingerprint density at radius 1 is 1.75 bits per heavy atom. The lowest BCUT2D eigenvalue weighted by Crippen LogP contribution is -2.46. The normalized spacial score (nSPS) is 11.0. The van der Waals surface area contributed by atoms with Crippen LogP contribution in [0.2, 0.25) is 0 Å². The highest BCUT2D eigenvalue weighted by Crippen LogP contribution is 1.96. The third kappa shape index (κ3) is 2.20. The molecule has 0 fully saturated rings. The minimum Gasteiger partial charge on any atom is -0.320 e. The minimum absolute atomic E-state index is 0.248. The second kappa shape index (κ2) is 2.39. The molecule has 0 aromatic heterocycles. The van der Waals surface area contributed by atoms with E-state index in [2.05, 4.69) is 12.2 Å². The lowest BCUT2D eigenvalue weighted by atomic mass is 10.1. The fraction of sp³-hybridized carbons (Fsp3) is 0.750. The SMILES string of the molecule is CC(C)(N)C(=S)NO. The molecule has 0 atom stereocenters. The summed E-state index contributed by atoms with van der Waals surface area (Å²) in [4.78, 5) is 0.248. The molecule has 0 aromatic carbocycles. The van der Waals surface area contributed by atoms with Gasteiger partial charge in [0.15, 0.2) is 0 Å². The first-order valence-corrected chi connectivity index (χ1v) is 2.62. The predicted octanol–water partition coefficient (Wildman–Crippen LogP) is 0.0299. The Balaban J connectivity index is 3.82. The molecule has 48 valence electrons. The van der Waals surface area contributed by atoms with Crippen LogP contribution in [0.3, 0.4) is 0 Å². The maximum atomic E-state index is 8.20. The maximum absolute atomic E-state index is 8.20. The van der Waals surface area contributed by atoms with Gasteiger partial charge in [0.2, 0.25) is 0 Å². The summed E-state index contributed by atoms with van der Waals surface area (Å²) < 4.78 is 0. The topological polar surface area (TPSA) is 58.3 Å². The van der Waals surface area contributed by atoms with E-state index in [-0.39, 0.29) is 4.99 Å². The summed E-state index contributed by atoms with van der Waals surface area (Å²) in [6, 6.07) is 0. The molecule has 0 aliphatic carbocycles. The summed E-state index contributed by atoms with van der Waals surface area (Å²) in [7, 11) is 0. The first-order valence-electron chi connectivity index (χ1n) is 2.22. The van der Waals surface area contributed by atoms with Crippen LogP contribution in [0.4, 0.5) is 0 Å². The average molecular weight is 134 g/mol. The van der Waals surface area contributed by atoms with E-state index in [0.717, 1.165) is 0 Å². The number of hydrogen-bond acceptors (Lipinski definition) is 3. The zero-order chi connectivity index (χ0) is 6.78. The molecule has 0 radical (unpaired) electrons. The molecule has 3 nitrogen and oxygen atoms in total. The average Bonchev–Trinajstić information content (AvgIpc) is 1.62. The van der Waals surface area contributed by atoms with E-state index in [1.807, 2.05) is 5.48 Å². The Hall–Kier alpha value is -0.190. The van der Waals surface area contributed by atoms with Crippen LogP contribution in [0.1, 0.15) is 13.8 Å². The second-order valence-corrected chi connectivity index (χ2v) is 2.57. The lowest BCUT2D eigenvalue weighted by molar-refractivity contribution is 0.230. The standard InChI is InChI=1S/C4H10N2OS/c1-4(2,5)3(8)6-7/h7H,5H2,1-2H3,(H,6,8). The quantitative estimate of drug-likeness (QED) is 0.350. The Morgan fingerprint density at radius 2 is 2.12 bits per heavy atom. The minimum atomic E-state index is -0.621. The van der Waals surface area contributed by atoms with Crippen LogP contribution in [0.5, 0.6) is 0 Å².